The number of ether oxygens (including phenoxy) is 1. The van der Waals surface area contributed by atoms with Gasteiger partial charge in [-0.2, -0.15) is 13.2 Å². The van der Waals surface area contributed by atoms with Gasteiger partial charge in [0.05, 0.1) is 13.2 Å². The summed E-state index contributed by atoms with van der Waals surface area (Å²) in [7, 11) is 1.99. The number of carboxylic acids is 1. The van der Waals surface area contributed by atoms with Crippen molar-refractivity contribution >= 4 is 5.97 Å². The van der Waals surface area contributed by atoms with Crippen molar-refractivity contribution in [2.24, 2.45) is 0 Å². The third kappa shape index (κ3) is 8.90. The van der Waals surface area contributed by atoms with Gasteiger partial charge in [-0.3, -0.25) is 4.90 Å². The zero-order valence-corrected chi connectivity index (χ0v) is 9.59. The van der Waals surface area contributed by atoms with Crippen LogP contribution in [0.3, 0.4) is 0 Å². The number of carbonyl (C=O) groups is 1. The molecule has 1 aliphatic rings. The molecule has 0 atom stereocenters. The molecule has 0 amide bonds. The molecule has 0 aromatic carbocycles. The van der Waals surface area contributed by atoms with Crippen LogP contribution in [0.5, 0.6) is 0 Å². The SMILES string of the molecule is CNCCN1CCOCC1.O=C(O)C(F)(F)F. The first kappa shape index (κ1) is 16.1. The molecule has 1 aliphatic heterocycles. The molecule has 5 nitrogen and oxygen atoms in total. The Labute approximate surface area is 97.5 Å². The van der Waals surface area contributed by atoms with E-state index in [-0.39, 0.29) is 0 Å². The molecular weight excluding hydrogens is 241 g/mol. The maximum atomic E-state index is 10.6. The molecule has 17 heavy (non-hydrogen) atoms. The lowest BCUT2D eigenvalue weighted by molar-refractivity contribution is -0.192. The number of nitrogens with one attached hydrogen (secondary N) is 1. The van der Waals surface area contributed by atoms with Crippen LogP contribution in [-0.2, 0) is 9.53 Å². The molecule has 102 valence electrons. The summed E-state index contributed by atoms with van der Waals surface area (Å²) in [4.78, 5) is 11.3. The van der Waals surface area contributed by atoms with E-state index >= 15 is 0 Å². The second-order valence-electron chi connectivity index (χ2n) is 3.36. The molecular formula is C9H17F3N2O3. The van der Waals surface area contributed by atoms with Gasteiger partial charge in [-0.1, -0.05) is 0 Å². The summed E-state index contributed by atoms with van der Waals surface area (Å²) in [6.45, 7) is 6.25. The maximum absolute atomic E-state index is 10.6. The van der Waals surface area contributed by atoms with Gasteiger partial charge >= 0.3 is 12.1 Å². The Morgan fingerprint density at radius 3 is 2.24 bits per heavy atom. The Morgan fingerprint density at radius 1 is 1.41 bits per heavy atom. The second-order valence-corrected chi connectivity index (χ2v) is 3.36. The highest BCUT2D eigenvalue weighted by molar-refractivity contribution is 5.73. The Kier molecular flexibility index (Phi) is 7.85. The van der Waals surface area contributed by atoms with Crippen LogP contribution in [0.4, 0.5) is 13.2 Å². The summed E-state index contributed by atoms with van der Waals surface area (Å²) in [5, 5.41) is 10.3. The van der Waals surface area contributed by atoms with Gasteiger partial charge < -0.3 is 15.2 Å². The minimum Gasteiger partial charge on any atom is -0.475 e. The molecule has 0 bridgehead atoms. The minimum absolute atomic E-state index is 0.906. The Morgan fingerprint density at radius 2 is 1.88 bits per heavy atom. The molecule has 0 aliphatic carbocycles. The fraction of sp³-hybridized carbons (Fsp3) is 0.889. The molecule has 0 unspecified atom stereocenters. The lowest BCUT2D eigenvalue weighted by atomic mass is 10.4. The molecule has 8 heteroatoms. The van der Waals surface area contributed by atoms with E-state index in [4.69, 9.17) is 14.6 Å². The van der Waals surface area contributed by atoms with Crippen molar-refractivity contribution in [3.63, 3.8) is 0 Å². The van der Waals surface area contributed by atoms with E-state index in [9.17, 15) is 13.2 Å². The molecule has 0 spiro atoms. The molecule has 0 radical (unpaired) electrons. The van der Waals surface area contributed by atoms with Gasteiger partial charge in [-0.15, -0.1) is 0 Å². The fourth-order valence-electron chi connectivity index (χ4n) is 1.09. The first-order chi connectivity index (χ1) is 7.88. The number of hydrogen-bond donors (Lipinski definition) is 2. The normalized spacial score (nSPS) is 17.2. The number of halogens is 3. The van der Waals surface area contributed by atoms with Crippen molar-refractivity contribution in [2.75, 3.05) is 46.4 Å². The van der Waals surface area contributed by atoms with Crippen molar-refractivity contribution < 1.29 is 27.8 Å². The van der Waals surface area contributed by atoms with E-state index in [0.717, 1.165) is 39.4 Å². The Balaban J connectivity index is 0.000000325. The fourth-order valence-corrected chi connectivity index (χ4v) is 1.09. The number of likely N-dealkylation sites (N-methyl/N-ethyl adjacent to an activating group) is 1. The predicted molar refractivity (Wildman–Crippen MR) is 54.9 cm³/mol. The number of alkyl halides is 3. The summed E-state index contributed by atoms with van der Waals surface area (Å²) >= 11 is 0. The summed E-state index contributed by atoms with van der Waals surface area (Å²) in [5.41, 5.74) is 0. The topological polar surface area (TPSA) is 61.8 Å². The van der Waals surface area contributed by atoms with Crippen molar-refractivity contribution in [3.8, 4) is 0 Å². The average molecular weight is 258 g/mol. The summed E-state index contributed by atoms with van der Waals surface area (Å²) in [6, 6.07) is 0. The van der Waals surface area contributed by atoms with E-state index in [0.29, 0.717) is 0 Å². The maximum Gasteiger partial charge on any atom is 0.490 e. The van der Waals surface area contributed by atoms with Crippen LogP contribution >= 0.6 is 0 Å². The van der Waals surface area contributed by atoms with E-state index in [1.54, 1.807) is 0 Å². The number of rotatable bonds is 3. The van der Waals surface area contributed by atoms with Gasteiger partial charge in [0.2, 0.25) is 0 Å². The third-order valence-corrected chi connectivity index (χ3v) is 2.02. The summed E-state index contributed by atoms with van der Waals surface area (Å²) < 4.78 is 37.0. The Hall–Kier alpha value is -0.860. The zero-order chi connectivity index (χ0) is 13.3. The highest BCUT2D eigenvalue weighted by Gasteiger charge is 2.38. The monoisotopic (exact) mass is 258 g/mol. The molecule has 1 fully saturated rings. The standard InChI is InChI=1S/C7H16N2O.C2HF3O2/c1-8-2-3-9-4-6-10-7-5-9;3-2(4,5)1(6)7/h8H,2-7H2,1H3;(H,6,7). The van der Waals surface area contributed by atoms with Crippen molar-refractivity contribution in [3.05, 3.63) is 0 Å². The van der Waals surface area contributed by atoms with Crippen LogP contribution in [0.1, 0.15) is 0 Å². The average Bonchev–Trinajstić information content (AvgIpc) is 2.27. The molecule has 1 heterocycles. The van der Waals surface area contributed by atoms with Crippen LogP contribution in [-0.4, -0.2) is 68.6 Å². The highest BCUT2D eigenvalue weighted by atomic mass is 19.4. The van der Waals surface area contributed by atoms with Crippen LogP contribution in [0, 0.1) is 0 Å². The first-order valence-electron chi connectivity index (χ1n) is 5.12. The first-order valence-corrected chi connectivity index (χ1v) is 5.12. The van der Waals surface area contributed by atoms with E-state index in [1.165, 1.54) is 0 Å². The smallest absolute Gasteiger partial charge is 0.475 e. The largest absolute Gasteiger partial charge is 0.490 e. The zero-order valence-electron chi connectivity index (χ0n) is 9.59. The number of carboxylic acid groups (broad SMARTS) is 1. The second kappa shape index (κ2) is 8.26. The lowest BCUT2D eigenvalue weighted by Crippen LogP contribution is -2.39. The molecule has 0 saturated carbocycles. The van der Waals surface area contributed by atoms with Crippen molar-refractivity contribution in [1.29, 1.82) is 0 Å². The number of aliphatic carboxylic acids is 1. The number of morpholine rings is 1. The minimum atomic E-state index is -5.08. The van der Waals surface area contributed by atoms with E-state index in [1.807, 2.05) is 7.05 Å². The van der Waals surface area contributed by atoms with Crippen LogP contribution in [0.15, 0.2) is 0 Å². The predicted octanol–water partition coefficient (Wildman–Crippen LogP) is 0.171. The molecule has 2 N–H and O–H groups in total. The summed E-state index contributed by atoms with van der Waals surface area (Å²) in [6.07, 6.45) is -5.08. The number of nitrogens with zero attached hydrogens (tertiary/aromatic N) is 1. The van der Waals surface area contributed by atoms with Crippen LogP contribution in [0.25, 0.3) is 0 Å². The molecule has 1 saturated heterocycles. The number of hydrogen-bond acceptors (Lipinski definition) is 4. The molecule has 0 aromatic heterocycles. The molecule has 1 rings (SSSR count). The van der Waals surface area contributed by atoms with Gasteiger partial charge in [0, 0.05) is 26.2 Å². The Bertz CT molecular complexity index is 218. The highest BCUT2D eigenvalue weighted by Crippen LogP contribution is 2.13. The van der Waals surface area contributed by atoms with Crippen molar-refractivity contribution in [1.82, 2.24) is 10.2 Å². The van der Waals surface area contributed by atoms with E-state index in [2.05, 4.69) is 10.2 Å². The molecule has 0 aromatic rings. The third-order valence-electron chi connectivity index (χ3n) is 2.02. The lowest BCUT2D eigenvalue weighted by Gasteiger charge is -2.26. The van der Waals surface area contributed by atoms with E-state index < -0.39 is 12.1 Å². The summed E-state index contributed by atoms with van der Waals surface area (Å²) in [5.74, 6) is -2.76. The van der Waals surface area contributed by atoms with Crippen LogP contribution < -0.4 is 5.32 Å². The van der Waals surface area contributed by atoms with Gasteiger partial charge in [0.25, 0.3) is 0 Å². The van der Waals surface area contributed by atoms with Gasteiger partial charge in [-0.05, 0) is 7.05 Å². The quantitative estimate of drug-likeness (QED) is 0.755. The van der Waals surface area contributed by atoms with Crippen molar-refractivity contribution in [2.45, 2.75) is 6.18 Å². The van der Waals surface area contributed by atoms with Gasteiger partial charge in [0.15, 0.2) is 0 Å². The van der Waals surface area contributed by atoms with Gasteiger partial charge in [0.1, 0.15) is 0 Å². The van der Waals surface area contributed by atoms with Crippen LogP contribution in [0.2, 0.25) is 0 Å². The van der Waals surface area contributed by atoms with Gasteiger partial charge in [-0.25, -0.2) is 4.79 Å².